The van der Waals surface area contributed by atoms with E-state index in [-0.39, 0.29) is 12.3 Å². The van der Waals surface area contributed by atoms with E-state index in [0.717, 1.165) is 23.3 Å². The third-order valence-electron chi connectivity index (χ3n) is 4.17. The summed E-state index contributed by atoms with van der Waals surface area (Å²) in [5.41, 5.74) is 2.69. The number of alkyl halides is 3. The Morgan fingerprint density at radius 3 is 2.63 bits per heavy atom. The van der Waals surface area contributed by atoms with Crippen molar-refractivity contribution in [3.63, 3.8) is 0 Å². The maximum absolute atomic E-state index is 12.4. The van der Waals surface area contributed by atoms with Gasteiger partial charge in [-0.3, -0.25) is 5.10 Å². The van der Waals surface area contributed by atoms with E-state index in [9.17, 15) is 18.0 Å². The van der Waals surface area contributed by atoms with Crippen LogP contribution in [0, 0.1) is 0 Å². The van der Waals surface area contributed by atoms with Gasteiger partial charge in [0.2, 0.25) is 0 Å². The maximum Gasteiger partial charge on any atom is 0.573 e. The topological polar surface area (TPSA) is 118 Å². The van der Waals surface area contributed by atoms with Crippen LogP contribution in [0.5, 0.6) is 5.75 Å². The first-order valence-corrected chi connectivity index (χ1v) is 8.50. The summed E-state index contributed by atoms with van der Waals surface area (Å²) in [5.74, 6) is -0.373. The van der Waals surface area contributed by atoms with E-state index in [4.69, 9.17) is 5.11 Å². The number of rotatable bonds is 5. The van der Waals surface area contributed by atoms with Crippen LogP contribution in [-0.4, -0.2) is 42.5 Å². The number of hydrogen-bond acceptors (Lipinski definition) is 5. The molecule has 0 fully saturated rings. The highest BCUT2D eigenvalue weighted by Gasteiger charge is 2.31. The van der Waals surface area contributed by atoms with Crippen molar-refractivity contribution in [1.29, 1.82) is 0 Å². The minimum atomic E-state index is -4.80. The Labute approximate surface area is 166 Å². The van der Waals surface area contributed by atoms with Crippen molar-refractivity contribution in [2.75, 3.05) is 0 Å². The van der Waals surface area contributed by atoms with E-state index >= 15 is 0 Å². The molecule has 0 aliphatic heterocycles. The minimum absolute atomic E-state index is 0.0926. The molecule has 0 unspecified atom stereocenters. The van der Waals surface area contributed by atoms with Crippen LogP contribution in [0.1, 0.15) is 5.69 Å². The summed E-state index contributed by atoms with van der Waals surface area (Å²) in [6, 6.07) is 6.85. The lowest BCUT2D eigenvalue weighted by molar-refractivity contribution is -0.274. The van der Waals surface area contributed by atoms with Gasteiger partial charge in [-0.25, -0.2) is 14.5 Å². The smallest absolute Gasteiger partial charge is 0.465 e. The Balaban J connectivity index is 1.82. The molecule has 0 spiro atoms. The molecule has 12 heteroatoms. The fraction of sp³-hybridized carbons (Fsp3) is 0.111. The number of hydrogen-bond donors (Lipinski definition) is 3. The van der Waals surface area contributed by atoms with E-state index in [1.54, 1.807) is 24.7 Å². The summed E-state index contributed by atoms with van der Waals surface area (Å²) < 4.78 is 42.5. The van der Waals surface area contributed by atoms with Crippen molar-refractivity contribution >= 4 is 17.1 Å². The van der Waals surface area contributed by atoms with Crippen molar-refractivity contribution < 1.29 is 27.8 Å². The Morgan fingerprint density at radius 1 is 1.23 bits per heavy atom. The molecule has 0 radical (unpaired) electrons. The van der Waals surface area contributed by atoms with Gasteiger partial charge in [-0.15, -0.1) is 13.2 Å². The molecule has 30 heavy (non-hydrogen) atoms. The number of H-pyrrole nitrogens is 1. The standard InChI is InChI=1S/C18H13F3N6O3/c19-18(20,21)30-12-3-1-11(2-4-12)27-16-15(14(26-27)9-23-17(28)29)13(5-6-22-16)10-7-24-25-8-10/h1-8,23H,9H2,(H,24,25)(H,28,29). The molecular formula is C18H13F3N6O3. The number of pyridine rings is 1. The van der Waals surface area contributed by atoms with Crippen molar-refractivity contribution in [2.45, 2.75) is 12.9 Å². The normalized spacial score (nSPS) is 11.6. The third kappa shape index (κ3) is 3.87. The van der Waals surface area contributed by atoms with E-state index in [1.807, 2.05) is 0 Å². The summed E-state index contributed by atoms with van der Waals surface area (Å²) in [5, 5.41) is 22.9. The summed E-state index contributed by atoms with van der Waals surface area (Å²) >= 11 is 0. The molecule has 3 aromatic heterocycles. The predicted octanol–water partition coefficient (Wildman–Crippen LogP) is 3.48. The van der Waals surface area contributed by atoms with Crippen molar-refractivity contribution in [1.82, 2.24) is 30.3 Å². The molecule has 4 aromatic rings. The molecule has 3 heterocycles. The lowest BCUT2D eigenvalue weighted by atomic mass is 10.1. The molecular weight excluding hydrogens is 405 g/mol. The quantitative estimate of drug-likeness (QED) is 0.457. The van der Waals surface area contributed by atoms with Crippen molar-refractivity contribution in [3.8, 4) is 22.6 Å². The average Bonchev–Trinajstić information content (AvgIpc) is 3.34. The van der Waals surface area contributed by atoms with Gasteiger partial charge in [0.1, 0.15) is 5.75 Å². The Bertz CT molecular complexity index is 1190. The van der Waals surface area contributed by atoms with Gasteiger partial charge in [0.15, 0.2) is 5.65 Å². The van der Waals surface area contributed by atoms with Gasteiger partial charge in [-0.2, -0.15) is 10.2 Å². The summed E-state index contributed by atoms with van der Waals surface area (Å²) in [6.45, 7) is -0.0926. The summed E-state index contributed by atoms with van der Waals surface area (Å²) in [6.07, 6.45) is -1.19. The summed E-state index contributed by atoms with van der Waals surface area (Å²) in [4.78, 5) is 15.3. The van der Waals surface area contributed by atoms with Crippen LogP contribution < -0.4 is 10.1 Å². The second-order valence-corrected chi connectivity index (χ2v) is 6.10. The number of aromatic nitrogens is 5. The van der Waals surface area contributed by atoms with Crippen LogP contribution in [0.15, 0.2) is 48.9 Å². The zero-order valence-corrected chi connectivity index (χ0v) is 15.0. The molecule has 0 bridgehead atoms. The van der Waals surface area contributed by atoms with Gasteiger partial charge >= 0.3 is 12.5 Å². The number of nitrogens with zero attached hydrogens (tertiary/aromatic N) is 4. The highest BCUT2D eigenvalue weighted by atomic mass is 19.4. The summed E-state index contributed by atoms with van der Waals surface area (Å²) in [7, 11) is 0. The van der Waals surface area contributed by atoms with E-state index in [1.165, 1.54) is 16.8 Å². The highest BCUT2D eigenvalue weighted by Crippen LogP contribution is 2.31. The molecule has 1 amide bonds. The highest BCUT2D eigenvalue weighted by molar-refractivity contribution is 5.95. The first kappa shape index (κ1) is 19.2. The van der Waals surface area contributed by atoms with Crippen molar-refractivity contribution in [2.24, 2.45) is 0 Å². The number of carboxylic acid groups (broad SMARTS) is 1. The van der Waals surface area contributed by atoms with Crippen LogP contribution in [0.25, 0.3) is 27.8 Å². The Kier molecular flexibility index (Phi) is 4.74. The number of halogens is 3. The SMILES string of the molecule is O=C(O)NCc1nn(-c2ccc(OC(F)(F)F)cc2)c2nccc(-c3cn[nH]c3)c12. The molecule has 0 aliphatic rings. The number of aromatic amines is 1. The fourth-order valence-corrected chi connectivity index (χ4v) is 3.00. The first-order valence-electron chi connectivity index (χ1n) is 8.50. The van der Waals surface area contributed by atoms with Gasteiger partial charge in [-0.05, 0) is 35.9 Å². The molecule has 9 nitrogen and oxygen atoms in total. The number of carbonyl (C=O) groups is 1. The molecule has 3 N–H and O–H groups in total. The van der Waals surface area contributed by atoms with E-state index < -0.39 is 12.5 Å². The molecule has 4 rings (SSSR count). The van der Waals surface area contributed by atoms with Crippen LogP contribution in [0.4, 0.5) is 18.0 Å². The van der Waals surface area contributed by atoms with Crippen LogP contribution in [0.3, 0.4) is 0 Å². The monoisotopic (exact) mass is 418 g/mol. The zero-order valence-electron chi connectivity index (χ0n) is 15.0. The minimum Gasteiger partial charge on any atom is -0.465 e. The molecule has 0 aliphatic carbocycles. The lowest BCUT2D eigenvalue weighted by Crippen LogP contribution is -2.20. The van der Waals surface area contributed by atoms with Gasteiger partial charge in [-0.1, -0.05) is 0 Å². The number of amides is 1. The van der Waals surface area contributed by atoms with Crippen LogP contribution in [0.2, 0.25) is 0 Å². The lowest BCUT2D eigenvalue weighted by Gasteiger charge is -2.09. The maximum atomic E-state index is 12.4. The first-order chi connectivity index (χ1) is 14.3. The number of ether oxygens (including phenoxy) is 1. The third-order valence-corrected chi connectivity index (χ3v) is 4.17. The zero-order chi connectivity index (χ0) is 21.3. The van der Waals surface area contributed by atoms with Crippen LogP contribution in [-0.2, 0) is 6.54 Å². The fourth-order valence-electron chi connectivity index (χ4n) is 3.00. The average molecular weight is 418 g/mol. The van der Waals surface area contributed by atoms with Gasteiger partial charge in [0, 0.05) is 18.0 Å². The molecule has 0 saturated heterocycles. The second kappa shape index (κ2) is 7.39. The van der Waals surface area contributed by atoms with Crippen LogP contribution >= 0.6 is 0 Å². The predicted molar refractivity (Wildman–Crippen MR) is 98.0 cm³/mol. The molecule has 0 saturated carbocycles. The van der Waals surface area contributed by atoms with E-state index in [2.05, 4.69) is 30.3 Å². The molecule has 0 atom stereocenters. The Hall–Kier alpha value is -4.09. The largest absolute Gasteiger partial charge is 0.573 e. The molecule has 154 valence electrons. The Morgan fingerprint density at radius 2 is 2.00 bits per heavy atom. The second-order valence-electron chi connectivity index (χ2n) is 6.10. The number of benzene rings is 1. The van der Waals surface area contributed by atoms with Gasteiger partial charge in [0.05, 0.1) is 29.5 Å². The number of nitrogens with one attached hydrogen (secondary N) is 2. The van der Waals surface area contributed by atoms with Gasteiger partial charge in [0.25, 0.3) is 0 Å². The van der Waals surface area contributed by atoms with Crippen molar-refractivity contribution in [3.05, 3.63) is 54.6 Å². The molecule has 1 aromatic carbocycles. The van der Waals surface area contributed by atoms with E-state index in [0.29, 0.717) is 22.4 Å². The van der Waals surface area contributed by atoms with Gasteiger partial charge < -0.3 is 15.2 Å². The number of fused-ring (bicyclic) bond motifs is 1.